The number of rotatable bonds is 3. The number of H-pyrrole nitrogens is 1. The van der Waals surface area contributed by atoms with E-state index in [0.29, 0.717) is 11.5 Å². The van der Waals surface area contributed by atoms with Crippen LogP contribution in [0.25, 0.3) is 0 Å². The molecule has 1 aliphatic rings. The summed E-state index contributed by atoms with van der Waals surface area (Å²) in [6, 6.07) is 2.97. The van der Waals surface area contributed by atoms with E-state index < -0.39 is 0 Å². The lowest BCUT2D eigenvalue weighted by atomic mass is 9.96. The van der Waals surface area contributed by atoms with Crippen molar-refractivity contribution in [1.82, 2.24) is 19.4 Å². The monoisotopic (exact) mass is 286 g/mol. The molecule has 0 aromatic carbocycles. The van der Waals surface area contributed by atoms with Crippen molar-refractivity contribution in [1.29, 1.82) is 0 Å². The SMILES string of the molecule is O=C(c1ccc(=O)[nH]c1)N1CCC(Cn2ccnc2)CC1. The molecule has 1 aliphatic heterocycles. The first kappa shape index (κ1) is 13.6. The molecule has 21 heavy (non-hydrogen) atoms. The quantitative estimate of drug-likeness (QED) is 0.919. The zero-order chi connectivity index (χ0) is 14.7. The summed E-state index contributed by atoms with van der Waals surface area (Å²) in [5.41, 5.74) is 0.355. The number of piperidine rings is 1. The van der Waals surface area contributed by atoms with Crippen molar-refractivity contribution in [2.24, 2.45) is 5.92 Å². The molecule has 1 amide bonds. The van der Waals surface area contributed by atoms with Crippen LogP contribution in [0.4, 0.5) is 0 Å². The topological polar surface area (TPSA) is 71.0 Å². The molecule has 1 saturated heterocycles. The van der Waals surface area contributed by atoms with Crippen molar-refractivity contribution in [2.75, 3.05) is 13.1 Å². The first-order valence-corrected chi connectivity index (χ1v) is 7.16. The van der Waals surface area contributed by atoms with Crippen LogP contribution in [0.3, 0.4) is 0 Å². The van der Waals surface area contributed by atoms with Crippen molar-refractivity contribution < 1.29 is 4.79 Å². The lowest BCUT2D eigenvalue weighted by molar-refractivity contribution is 0.0682. The first-order chi connectivity index (χ1) is 10.2. The van der Waals surface area contributed by atoms with Gasteiger partial charge in [-0.15, -0.1) is 0 Å². The maximum absolute atomic E-state index is 12.3. The summed E-state index contributed by atoms with van der Waals surface area (Å²) in [5, 5.41) is 0. The number of hydrogen-bond donors (Lipinski definition) is 1. The van der Waals surface area contributed by atoms with Crippen molar-refractivity contribution in [3.63, 3.8) is 0 Å². The number of hydrogen-bond acceptors (Lipinski definition) is 3. The molecule has 1 N–H and O–H groups in total. The van der Waals surface area contributed by atoms with Crippen molar-refractivity contribution in [3.05, 3.63) is 53.0 Å². The van der Waals surface area contributed by atoms with Crippen molar-refractivity contribution in [3.8, 4) is 0 Å². The third-order valence-corrected chi connectivity index (χ3v) is 3.96. The summed E-state index contributed by atoms with van der Waals surface area (Å²) >= 11 is 0. The molecule has 6 nitrogen and oxygen atoms in total. The van der Waals surface area contributed by atoms with Gasteiger partial charge in [0.25, 0.3) is 5.91 Å². The molecule has 0 unspecified atom stereocenters. The Bertz CT molecular complexity index is 634. The summed E-state index contributed by atoms with van der Waals surface area (Å²) < 4.78 is 2.09. The normalized spacial score (nSPS) is 16.1. The Kier molecular flexibility index (Phi) is 3.85. The van der Waals surface area contributed by atoms with E-state index >= 15 is 0 Å². The van der Waals surface area contributed by atoms with Gasteiger partial charge in [-0.25, -0.2) is 4.98 Å². The van der Waals surface area contributed by atoms with E-state index in [1.807, 2.05) is 17.4 Å². The zero-order valence-electron chi connectivity index (χ0n) is 11.7. The highest BCUT2D eigenvalue weighted by Gasteiger charge is 2.23. The molecule has 0 spiro atoms. The molecule has 3 heterocycles. The Morgan fingerprint density at radius 1 is 1.33 bits per heavy atom. The number of likely N-dealkylation sites (tertiary alicyclic amines) is 1. The highest BCUT2D eigenvalue weighted by molar-refractivity contribution is 5.93. The average Bonchev–Trinajstić information content (AvgIpc) is 3.01. The largest absolute Gasteiger partial charge is 0.339 e. The first-order valence-electron chi connectivity index (χ1n) is 7.16. The van der Waals surface area contributed by atoms with Gasteiger partial charge in [0.05, 0.1) is 11.9 Å². The molecule has 3 rings (SSSR count). The molecule has 0 bridgehead atoms. The van der Waals surface area contributed by atoms with Gasteiger partial charge in [0.1, 0.15) is 0 Å². The van der Waals surface area contributed by atoms with Gasteiger partial charge >= 0.3 is 0 Å². The predicted molar refractivity (Wildman–Crippen MR) is 77.9 cm³/mol. The van der Waals surface area contributed by atoms with Gasteiger partial charge in [-0.05, 0) is 24.8 Å². The minimum atomic E-state index is -0.189. The summed E-state index contributed by atoms with van der Waals surface area (Å²) in [6.45, 7) is 2.48. The van der Waals surface area contributed by atoms with E-state index in [2.05, 4.69) is 14.5 Å². The van der Waals surface area contributed by atoms with E-state index in [1.54, 1.807) is 12.3 Å². The standard InChI is InChI=1S/C15H18N4O2/c20-14-2-1-13(9-17-14)15(21)19-6-3-12(4-7-19)10-18-8-5-16-11-18/h1-2,5,8-9,11-12H,3-4,6-7,10H2,(H,17,20). The van der Waals surface area contributed by atoms with E-state index in [0.717, 1.165) is 32.5 Å². The number of carbonyl (C=O) groups excluding carboxylic acids is 1. The Labute approximate surface area is 122 Å². The van der Waals surface area contributed by atoms with Crippen LogP contribution < -0.4 is 5.56 Å². The lowest BCUT2D eigenvalue weighted by Gasteiger charge is -2.32. The molecule has 2 aromatic heterocycles. The molecule has 0 aliphatic carbocycles. The molecule has 0 saturated carbocycles. The summed E-state index contributed by atoms with van der Waals surface area (Å²) in [4.78, 5) is 31.8. The van der Waals surface area contributed by atoms with Gasteiger partial charge < -0.3 is 14.5 Å². The minimum absolute atomic E-state index is 0.00710. The third-order valence-electron chi connectivity index (χ3n) is 3.96. The molecule has 6 heteroatoms. The smallest absolute Gasteiger partial charge is 0.255 e. The second-order valence-electron chi connectivity index (χ2n) is 5.44. The van der Waals surface area contributed by atoms with Crippen LogP contribution in [0.5, 0.6) is 0 Å². The van der Waals surface area contributed by atoms with Gasteiger partial charge in [-0.1, -0.05) is 0 Å². The van der Waals surface area contributed by atoms with Crippen molar-refractivity contribution >= 4 is 5.91 Å². The summed E-state index contributed by atoms with van der Waals surface area (Å²) in [5.74, 6) is 0.575. The van der Waals surface area contributed by atoms with Crippen LogP contribution in [0.15, 0.2) is 41.8 Å². The number of pyridine rings is 1. The van der Waals surface area contributed by atoms with E-state index in [-0.39, 0.29) is 11.5 Å². The summed E-state index contributed by atoms with van der Waals surface area (Å²) in [6.07, 6.45) is 9.06. The minimum Gasteiger partial charge on any atom is -0.339 e. The van der Waals surface area contributed by atoms with E-state index in [4.69, 9.17) is 0 Å². The van der Waals surface area contributed by atoms with Crippen LogP contribution in [-0.4, -0.2) is 38.4 Å². The van der Waals surface area contributed by atoms with Gasteiger partial charge in [-0.2, -0.15) is 0 Å². The van der Waals surface area contributed by atoms with Crippen molar-refractivity contribution in [2.45, 2.75) is 19.4 Å². The van der Waals surface area contributed by atoms with Gasteiger partial charge in [-0.3, -0.25) is 9.59 Å². The van der Waals surface area contributed by atoms with Crippen LogP contribution in [0.1, 0.15) is 23.2 Å². The number of nitrogens with one attached hydrogen (secondary N) is 1. The second kappa shape index (κ2) is 5.95. The number of aromatic amines is 1. The number of amides is 1. The average molecular weight is 286 g/mol. The Hall–Kier alpha value is -2.37. The maximum atomic E-state index is 12.3. The van der Waals surface area contributed by atoms with Gasteiger partial charge in [0, 0.05) is 44.3 Å². The Morgan fingerprint density at radius 3 is 2.76 bits per heavy atom. The Balaban J connectivity index is 1.56. The van der Waals surface area contributed by atoms with Crippen LogP contribution in [0.2, 0.25) is 0 Å². The van der Waals surface area contributed by atoms with Gasteiger partial charge in [0.15, 0.2) is 0 Å². The highest BCUT2D eigenvalue weighted by atomic mass is 16.2. The fraction of sp³-hybridized carbons (Fsp3) is 0.400. The van der Waals surface area contributed by atoms with Crippen LogP contribution in [0, 0.1) is 5.92 Å². The van der Waals surface area contributed by atoms with E-state index in [1.165, 1.54) is 12.3 Å². The molecule has 2 aromatic rings. The number of imidazole rings is 1. The molecule has 0 atom stereocenters. The molecule has 0 radical (unpaired) electrons. The second-order valence-corrected chi connectivity index (χ2v) is 5.44. The molecule has 1 fully saturated rings. The van der Waals surface area contributed by atoms with Crippen LogP contribution >= 0.6 is 0 Å². The lowest BCUT2D eigenvalue weighted by Crippen LogP contribution is -2.39. The summed E-state index contributed by atoms with van der Waals surface area (Å²) in [7, 11) is 0. The highest BCUT2D eigenvalue weighted by Crippen LogP contribution is 2.20. The maximum Gasteiger partial charge on any atom is 0.255 e. The zero-order valence-corrected chi connectivity index (χ0v) is 11.7. The molecule has 110 valence electrons. The number of aromatic nitrogens is 3. The van der Waals surface area contributed by atoms with Crippen LogP contribution in [-0.2, 0) is 6.54 Å². The number of carbonyl (C=O) groups is 1. The number of nitrogens with zero attached hydrogens (tertiary/aromatic N) is 3. The van der Waals surface area contributed by atoms with E-state index in [9.17, 15) is 9.59 Å². The molecular weight excluding hydrogens is 268 g/mol. The Morgan fingerprint density at radius 2 is 2.14 bits per heavy atom. The predicted octanol–water partition coefficient (Wildman–Crippen LogP) is 1.12. The third kappa shape index (κ3) is 3.21. The molecular formula is C15H18N4O2. The van der Waals surface area contributed by atoms with Gasteiger partial charge in [0.2, 0.25) is 5.56 Å². The fourth-order valence-corrected chi connectivity index (χ4v) is 2.74. The fourth-order valence-electron chi connectivity index (χ4n) is 2.74.